The second-order valence-electron chi connectivity index (χ2n) is 7.06. The summed E-state index contributed by atoms with van der Waals surface area (Å²) >= 11 is 3.22. The average molecular weight is 572 g/mol. The van der Waals surface area contributed by atoms with Crippen LogP contribution in [0.1, 0.15) is 12.5 Å². The molecule has 0 unspecified atom stereocenters. The van der Waals surface area contributed by atoms with E-state index in [-0.39, 0.29) is 26.4 Å². The summed E-state index contributed by atoms with van der Waals surface area (Å²) in [5.74, 6) is -0.120. The Morgan fingerprint density at radius 1 is 1.17 bits per heavy atom. The number of hydrogen-bond acceptors (Lipinski definition) is 8. The number of nitriles is 1. The monoisotopic (exact) mass is 571 g/mol. The molecular weight excluding hydrogens is 554 g/mol. The van der Waals surface area contributed by atoms with Crippen molar-refractivity contribution in [2.75, 3.05) is 11.9 Å². The van der Waals surface area contributed by atoms with E-state index in [4.69, 9.17) is 8.92 Å². The molecule has 1 N–H and O–H groups in total. The van der Waals surface area contributed by atoms with Crippen molar-refractivity contribution in [3.8, 4) is 17.6 Å². The number of nitrogens with zero attached hydrogens (tertiary/aromatic N) is 2. The van der Waals surface area contributed by atoms with Crippen molar-refractivity contribution >= 4 is 49.4 Å². The molecule has 0 saturated carbocycles. The van der Waals surface area contributed by atoms with Crippen molar-refractivity contribution < 1.29 is 27.1 Å². The molecule has 3 aromatic rings. The Morgan fingerprint density at radius 3 is 2.50 bits per heavy atom. The van der Waals surface area contributed by atoms with Gasteiger partial charge in [0, 0.05) is 23.9 Å². The molecule has 0 heterocycles. The predicted molar refractivity (Wildman–Crippen MR) is 135 cm³/mol. The van der Waals surface area contributed by atoms with Gasteiger partial charge in [0.05, 0.1) is 16.0 Å². The van der Waals surface area contributed by atoms with Crippen molar-refractivity contribution in [2.45, 2.75) is 11.8 Å². The summed E-state index contributed by atoms with van der Waals surface area (Å²) < 4.78 is 35.9. The van der Waals surface area contributed by atoms with Gasteiger partial charge in [0.25, 0.3) is 11.6 Å². The Balaban J connectivity index is 1.77. The molecule has 3 aromatic carbocycles. The lowest BCUT2D eigenvalue weighted by molar-refractivity contribution is -0.384. The van der Waals surface area contributed by atoms with Crippen LogP contribution in [0, 0.1) is 21.4 Å². The second kappa shape index (κ2) is 11.5. The molecule has 3 rings (SSSR count). The Hall–Kier alpha value is -4.21. The van der Waals surface area contributed by atoms with Gasteiger partial charge in [0.2, 0.25) is 0 Å². The van der Waals surface area contributed by atoms with Crippen molar-refractivity contribution in [2.24, 2.45) is 0 Å². The third-order valence-electron chi connectivity index (χ3n) is 4.57. The zero-order valence-electron chi connectivity index (χ0n) is 18.7. The molecule has 10 nitrogen and oxygen atoms in total. The van der Waals surface area contributed by atoms with Crippen molar-refractivity contribution in [3.05, 3.63) is 92.5 Å². The molecule has 0 saturated heterocycles. The SMILES string of the molecule is CCOc1cccc(NC(=O)/C(C#N)=C/c2ccc(OS(=O)(=O)c3ccc([N+](=O)[O-])cc3)c(Br)c2)c1. The smallest absolute Gasteiger partial charge is 0.339 e. The number of non-ortho nitro benzene ring substituents is 1. The van der Waals surface area contributed by atoms with Gasteiger partial charge >= 0.3 is 10.1 Å². The summed E-state index contributed by atoms with van der Waals surface area (Å²) in [5, 5.41) is 22.9. The second-order valence-corrected chi connectivity index (χ2v) is 9.46. The van der Waals surface area contributed by atoms with E-state index in [0.717, 1.165) is 24.3 Å². The number of nitro benzene ring substituents is 1. The van der Waals surface area contributed by atoms with Crippen LogP contribution in [0.2, 0.25) is 0 Å². The molecule has 0 atom stereocenters. The summed E-state index contributed by atoms with van der Waals surface area (Å²) in [5.41, 5.74) is 0.437. The molecule has 184 valence electrons. The molecule has 0 aliphatic rings. The van der Waals surface area contributed by atoms with Crippen molar-refractivity contribution in [1.82, 2.24) is 0 Å². The van der Waals surface area contributed by atoms with Crippen LogP contribution in [0.25, 0.3) is 6.08 Å². The van der Waals surface area contributed by atoms with E-state index >= 15 is 0 Å². The van der Waals surface area contributed by atoms with Gasteiger partial charge in [-0.05, 0) is 70.9 Å². The minimum absolute atomic E-state index is 0.0544. The predicted octanol–water partition coefficient (Wildman–Crippen LogP) is 5.07. The fraction of sp³-hybridized carbons (Fsp3) is 0.0833. The number of rotatable bonds is 9. The van der Waals surface area contributed by atoms with Gasteiger partial charge in [-0.2, -0.15) is 13.7 Å². The van der Waals surface area contributed by atoms with E-state index in [1.54, 1.807) is 24.3 Å². The van der Waals surface area contributed by atoms with Crippen LogP contribution < -0.4 is 14.2 Å². The summed E-state index contributed by atoms with van der Waals surface area (Å²) in [6, 6.07) is 17.1. The molecular formula is C24H18BrN3O7S. The highest BCUT2D eigenvalue weighted by atomic mass is 79.9. The third-order valence-corrected chi connectivity index (χ3v) is 6.44. The Labute approximate surface area is 215 Å². The number of amides is 1. The summed E-state index contributed by atoms with van der Waals surface area (Å²) in [6.45, 7) is 2.30. The van der Waals surface area contributed by atoms with Gasteiger partial charge in [0.1, 0.15) is 22.3 Å². The van der Waals surface area contributed by atoms with E-state index in [1.807, 2.05) is 13.0 Å². The number of nitrogens with one attached hydrogen (secondary N) is 1. The first kappa shape index (κ1) is 26.4. The summed E-state index contributed by atoms with van der Waals surface area (Å²) in [4.78, 5) is 22.4. The molecule has 12 heteroatoms. The lowest BCUT2D eigenvalue weighted by Crippen LogP contribution is -2.13. The van der Waals surface area contributed by atoms with Crippen LogP contribution in [-0.4, -0.2) is 25.9 Å². The maximum absolute atomic E-state index is 12.6. The number of nitro groups is 1. The van der Waals surface area contributed by atoms with E-state index in [0.29, 0.717) is 23.6 Å². The molecule has 0 spiro atoms. The van der Waals surface area contributed by atoms with Gasteiger partial charge in [-0.15, -0.1) is 0 Å². The standard InChI is InChI=1S/C24H18BrN3O7S/c1-2-34-20-5-3-4-18(14-20)27-24(29)17(15-26)12-16-6-11-23(22(25)13-16)35-36(32,33)21-9-7-19(8-10-21)28(30)31/h3-14H,2H2,1H3,(H,27,29)/b17-12+. The van der Waals surface area contributed by atoms with Crippen LogP contribution in [0.3, 0.4) is 0 Å². The Kier molecular flexibility index (Phi) is 8.42. The van der Waals surface area contributed by atoms with Crippen molar-refractivity contribution in [1.29, 1.82) is 5.26 Å². The Morgan fingerprint density at radius 2 is 1.89 bits per heavy atom. The number of carbonyl (C=O) groups is 1. The third kappa shape index (κ3) is 6.68. The maximum Gasteiger partial charge on any atom is 0.339 e. The van der Waals surface area contributed by atoms with E-state index in [2.05, 4.69) is 21.2 Å². The van der Waals surface area contributed by atoms with Gasteiger partial charge in [0.15, 0.2) is 5.75 Å². The normalized spacial score (nSPS) is 11.3. The highest BCUT2D eigenvalue weighted by molar-refractivity contribution is 9.10. The minimum Gasteiger partial charge on any atom is -0.494 e. The van der Waals surface area contributed by atoms with Gasteiger partial charge in [-0.1, -0.05) is 12.1 Å². The molecule has 1 amide bonds. The molecule has 0 aliphatic carbocycles. The van der Waals surface area contributed by atoms with Gasteiger partial charge in [-0.3, -0.25) is 14.9 Å². The van der Waals surface area contributed by atoms with Crippen molar-refractivity contribution in [3.63, 3.8) is 0 Å². The highest BCUT2D eigenvalue weighted by Crippen LogP contribution is 2.30. The zero-order valence-corrected chi connectivity index (χ0v) is 21.1. The van der Waals surface area contributed by atoms with Crippen LogP contribution in [-0.2, 0) is 14.9 Å². The molecule has 0 fully saturated rings. The minimum atomic E-state index is -4.27. The number of halogens is 1. The van der Waals surface area contributed by atoms with Crippen LogP contribution in [0.15, 0.2) is 81.7 Å². The summed E-state index contributed by atoms with van der Waals surface area (Å²) in [6.07, 6.45) is 1.33. The fourth-order valence-electron chi connectivity index (χ4n) is 2.92. The molecule has 0 aromatic heterocycles. The van der Waals surface area contributed by atoms with E-state index in [9.17, 15) is 28.6 Å². The summed E-state index contributed by atoms with van der Waals surface area (Å²) in [7, 11) is -4.27. The average Bonchev–Trinajstić information content (AvgIpc) is 2.84. The van der Waals surface area contributed by atoms with Crippen LogP contribution >= 0.6 is 15.9 Å². The van der Waals surface area contributed by atoms with Gasteiger partial charge < -0.3 is 14.2 Å². The first-order chi connectivity index (χ1) is 17.1. The number of hydrogen-bond donors (Lipinski definition) is 1. The topological polar surface area (TPSA) is 149 Å². The molecule has 36 heavy (non-hydrogen) atoms. The van der Waals surface area contributed by atoms with E-state index < -0.39 is 20.9 Å². The fourth-order valence-corrected chi connectivity index (χ4v) is 4.45. The molecule has 0 aliphatic heterocycles. The lowest BCUT2D eigenvalue weighted by Gasteiger charge is -2.10. The van der Waals surface area contributed by atoms with Crippen LogP contribution in [0.4, 0.5) is 11.4 Å². The number of carbonyl (C=O) groups excluding carboxylic acids is 1. The quantitative estimate of drug-likeness (QED) is 0.123. The lowest BCUT2D eigenvalue weighted by atomic mass is 10.1. The Bertz CT molecular complexity index is 1480. The molecule has 0 radical (unpaired) electrons. The highest BCUT2D eigenvalue weighted by Gasteiger charge is 2.20. The number of benzene rings is 3. The number of ether oxygens (including phenoxy) is 1. The van der Waals surface area contributed by atoms with Crippen LogP contribution in [0.5, 0.6) is 11.5 Å². The van der Waals surface area contributed by atoms with Gasteiger partial charge in [-0.25, -0.2) is 0 Å². The zero-order chi connectivity index (χ0) is 26.3. The largest absolute Gasteiger partial charge is 0.494 e. The number of anilines is 1. The first-order valence-electron chi connectivity index (χ1n) is 10.3. The maximum atomic E-state index is 12.6. The first-order valence-corrected chi connectivity index (χ1v) is 12.5. The molecule has 0 bridgehead atoms. The van der Waals surface area contributed by atoms with E-state index in [1.165, 1.54) is 24.3 Å².